The molecule has 5 heteroatoms. The fraction of sp³-hybridized carbons (Fsp3) is 0.500. The first-order chi connectivity index (χ1) is 16.1. The van der Waals surface area contributed by atoms with Gasteiger partial charge in [-0.25, -0.2) is 0 Å². The normalized spacial score (nSPS) is 20.5. The molecule has 2 aromatic carbocycles. The molecule has 33 heavy (non-hydrogen) atoms. The maximum absolute atomic E-state index is 13.4. The molecule has 2 aliphatic heterocycles. The second-order valence-corrected chi connectivity index (χ2v) is 9.65. The number of likely N-dealkylation sites (tertiary alicyclic amines) is 2. The van der Waals surface area contributed by atoms with E-state index < -0.39 is 0 Å². The first kappa shape index (κ1) is 23.5. The largest absolute Gasteiger partial charge is 0.342 e. The van der Waals surface area contributed by atoms with Gasteiger partial charge in [0, 0.05) is 38.2 Å². The molecule has 0 saturated carbocycles. The lowest BCUT2D eigenvalue weighted by Gasteiger charge is -2.36. The average Bonchev–Trinajstić information content (AvgIpc) is 3.01. The molecule has 2 heterocycles. The zero-order chi connectivity index (χ0) is 23.0. The molecule has 176 valence electrons. The van der Waals surface area contributed by atoms with Gasteiger partial charge in [0.05, 0.1) is 0 Å². The van der Waals surface area contributed by atoms with Gasteiger partial charge in [-0.05, 0) is 74.4 Å². The number of nitrogens with zero attached hydrogens (tertiary/aromatic N) is 2. The molecule has 1 N–H and O–H groups in total. The Kier molecular flexibility index (Phi) is 8.16. The van der Waals surface area contributed by atoms with Crippen LogP contribution in [0, 0.1) is 11.8 Å². The van der Waals surface area contributed by atoms with E-state index in [9.17, 15) is 9.59 Å². The van der Waals surface area contributed by atoms with E-state index in [1.54, 1.807) is 0 Å². The van der Waals surface area contributed by atoms with Crippen molar-refractivity contribution in [3.63, 3.8) is 0 Å². The van der Waals surface area contributed by atoms with Crippen molar-refractivity contribution < 1.29 is 9.59 Å². The van der Waals surface area contributed by atoms with Crippen molar-refractivity contribution >= 4 is 17.5 Å². The highest BCUT2D eigenvalue weighted by molar-refractivity contribution is 5.88. The molecule has 0 radical (unpaired) electrons. The second kappa shape index (κ2) is 11.5. The van der Waals surface area contributed by atoms with E-state index in [2.05, 4.69) is 51.5 Å². The Labute approximate surface area is 198 Å². The van der Waals surface area contributed by atoms with Crippen molar-refractivity contribution in [3.05, 3.63) is 65.7 Å². The monoisotopic (exact) mass is 447 g/mol. The Morgan fingerprint density at radius 1 is 0.909 bits per heavy atom. The van der Waals surface area contributed by atoms with Crippen LogP contribution in [0.15, 0.2) is 54.6 Å². The summed E-state index contributed by atoms with van der Waals surface area (Å²) in [6, 6.07) is 18.6. The molecule has 1 atom stereocenters. The predicted molar refractivity (Wildman–Crippen MR) is 133 cm³/mol. The third kappa shape index (κ3) is 6.67. The van der Waals surface area contributed by atoms with E-state index in [4.69, 9.17) is 0 Å². The van der Waals surface area contributed by atoms with E-state index in [0.717, 1.165) is 70.5 Å². The molecule has 2 aromatic rings. The number of nitrogens with one attached hydrogen (secondary N) is 1. The summed E-state index contributed by atoms with van der Waals surface area (Å²) >= 11 is 0. The number of piperidine rings is 1. The minimum Gasteiger partial charge on any atom is -0.342 e. The predicted octanol–water partition coefficient (Wildman–Crippen LogP) is 4.73. The lowest BCUT2D eigenvalue weighted by Crippen LogP contribution is -2.42. The van der Waals surface area contributed by atoms with Crippen LogP contribution < -0.4 is 5.32 Å². The lowest BCUT2D eigenvalue weighted by atomic mass is 9.81. The summed E-state index contributed by atoms with van der Waals surface area (Å²) in [4.78, 5) is 29.3. The topological polar surface area (TPSA) is 52.7 Å². The minimum atomic E-state index is -0.0449. The summed E-state index contributed by atoms with van der Waals surface area (Å²) in [5.41, 5.74) is 3.42. The quantitative estimate of drug-likeness (QED) is 0.668. The summed E-state index contributed by atoms with van der Waals surface area (Å²) < 4.78 is 0. The van der Waals surface area contributed by atoms with Crippen molar-refractivity contribution in [1.29, 1.82) is 0 Å². The Bertz CT molecular complexity index is 904. The van der Waals surface area contributed by atoms with Crippen molar-refractivity contribution in [1.82, 2.24) is 9.80 Å². The van der Waals surface area contributed by atoms with Crippen LogP contribution in [0.2, 0.25) is 0 Å². The number of benzene rings is 2. The summed E-state index contributed by atoms with van der Waals surface area (Å²) in [6.45, 7) is 6.30. The van der Waals surface area contributed by atoms with Gasteiger partial charge in [-0.1, -0.05) is 48.9 Å². The van der Waals surface area contributed by atoms with Crippen LogP contribution in [0.4, 0.5) is 5.69 Å². The number of rotatable bonds is 7. The van der Waals surface area contributed by atoms with Crippen LogP contribution in [-0.2, 0) is 22.6 Å². The van der Waals surface area contributed by atoms with Crippen LogP contribution in [-0.4, -0.2) is 47.8 Å². The van der Waals surface area contributed by atoms with Gasteiger partial charge in [-0.15, -0.1) is 0 Å². The van der Waals surface area contributed by atoms with Crippen molar-refractivity contribution in [2.75, 3.05) is 31.5 Å². The molecule has 2 amide bonds. The number of hydrogen-bond donors (Lipinski definition) is 1. The molecule has 4 rings (SSSR count). The van der Waals surface area contributed by atoms with Gasteiger partial charge in [-0.2, -0.15) is 0 Å². The Balaban J connectivity index is 1.28. The molecular weight excluding hydrogens is 410 g/mol. The van der Waals surface area contributed by atoms with Crippen LogP contribution >= 0.6 is 0 Å². The zero-order valence-corrected chi connectivity index (χ0v) is 19.8. The fourth-order valence-corrected chi connectivity index (χ4v) is 5.37. The van der Waals surface area contributed by atoms with Gasteiger partial charge >= 0.3 is 0 Å². The van der Waals surface area contributed by atoms with Crippen LogP contribution in [0.1, 0.15) is 50.2 Å². The highest BCUT2D eigenvalue weighted by atomic mass is 16.2. The van der Waals surface area contributed by atoms with Gasteiger partial charge in [0.25, 0.3) is 0 Å². The van der Waals surface area contributed by atoms with E-state index in [1.165, 1.54) is 24.5 Å². The maximum Gasteiger partial charge on any atom is 0.225 e. The number of carbonyl (C=O) groups is 2. The van der Waals surface area contributed by atoms with Gasteiger partial charge < -0.3 is 10.2 Å². The molecule has 2 saturated heterocycles. The van der Waals surface area contributed by atoms with Gasteiger partial charge in [0.1, 0.15) is 0 Å². The zero-order valence-electron chi connectivity index (χ0n) is 19.8. The second-order valence-electron chi connectivity index (χ2n) is 9.65. The maximum atomic E-state index is 13.4. The van der Waals surface area contributed by atoms with Crippen molar-refractivity contribution in [3.8, 4) is 0 Å². The molecule has 0 aliphatic carbocycles. The van der Waals surface area contributed by atoms with E-state index in [-0.39, 0.29) is 11.8 Å². The summed E-state index contributed by atoms with van der Waals surface area (Å²) in [5.74, 6) is 1.06. The molecule has 0 bridgehead atoms. The Hall–Kier alpha value is -2.66. The van der Waals surface area contributed by atoms with Gasteiger partial charge in [-0.3, -0.25) is 14.5 Å². The summed E-state index contributed by atoms with van der Waals surface area (Å²) in [6.07, 6.45) is 6.50. The highest BCUT2D eigenvalue weighted by Crippen LogP contribution is 2.32. The summed E-state index contributed by atoms with van der Waals surface area (Å²) in [5, 5.41) is 2.82. The van der Waals surface area contributed by atoms with Crippen LogP contribution in [0.5, 0.6) is 0 Å². The standard InChI is InChI=1S/C28H37N3O2/c1-22(32)29-26-12-10-24(11-13-26)21-30-18-15-25(16-19-30)27-9-5-6-17-31(28(27)33)20-14-23-7-3-2-4-8-23/h2-4,7-8,10-13,25,27H,5-6,9,14-21H2,1H3,(H,29,32)/t27-/m1/s1. The smallest absolute Gasteiger partial charge is 0.225 e. The van der Waals surface area contributed by atoms with Crippen molar-refractivity contribution in [2.45, 2.75) is 52.0 Å². The number of anilines is 1. The average molecular weight is 448 g/mol. The molecule has 0 spiro atoms. The third-order valence-electron chi connectivity index (χ3n) is 7.22. The number of hydrogen-bond acceptors (Lipinski definition) is 3. The SMILES string of the molecule is CC(=O)Nc1ccc(CN2CCC([C@H]3CCCCN(CCc4ccccc4)C3=O)CC2)cc1. The minimum absolute atomic E-state index is 0.0449. The van der Waals surface area contributed by atoms with E-state index in [1.807, 2.05) is 18.2 Å². The molecule has 5 nitrogen and oxygen atoms in total. The Morgan fingerprint density at radius 2 is 1.64 bits per heavy atom. The Morgan fingerprint density at radius 3 is 2.33 bits per heavy atom. The van der Waals surface area contributed by atoms with Gasteiger partial charge in [0.2, 0.25) is 11.8 Å². The van der Waals surface area contributed by atoms with Crippen molar-refractivity contribution in [2.24, 2.45) is 11.8 Å². The molecule has 2 aliphatic rings. The molecule has 0 aromatic heterocycles. The first-order valence-electron chi connectivity index (χ1n) is 12.5. The lowest BCUT2D eigenvalue weighted by molar-refractivity contribution is -0.137. The van der Waals surface area contributed by atoms with Crippen LogP contribution in [0.3, 0.4) is 0 Å². The number of amides is 2. The van der Waals surface area contributed by atoms with Crippen LogP contribution in [0.25, 0.3) is 0 Å². The third-order valence-corrected chi connectivity index (χ3v) is 7.22. The van der Waals surface area contributed by atoms with E-state index in [0.29, 0.717) is 11.8 Å². The first-order valence-corrected chi connectivity index (χ1v) is 12.5. The van der Waals surface area contributed by atoms with E-state index >= 15 is 0 Å². The highest BCUT2D eigenvalue weighted by Gasteiger charge is 2.34. The summed E-state index contributed by atoms with van der Waals surface area (Å²) in [7, 11) is 0. The molecule has 2 fully saturated rings. The molecule has 0 unspecified atom stereocenters. The number of carbonyl (C=O) groups excluding carboxylic acids is 2. The molecular formula is C28H37N3O2. The fourth-order valence-electron chi connectivity index (χ4n) is 5.37. The van der Waals surface area contributed by atoms with Gasteiger partial charge in [0.15, 0.2) is 0 Å².